The number of hydrogen-bond acceptors (Lipinski definition) is 1. The molecule has 1 nitrogen and oxygen atoms in total. The van der Waals surface area contributed by atoms with E-state index in [1.165, 1.54) is 12.1 Å². The number of hydrogen-bond donors (Lipinski definition) is 1. The van der Waals surface area contributed by atoms with E-state index in [4.69, 9.17) is 0 Å². The molecule has 0 radical (unpaired) electrons. The van der Waals surface area contributed by atoms with Crippen molar-refractivity contribution in [3.05, 3.63) is 68.3 Å². The Morgan fingerprint density at radius 1 is 1.10 bits per heavy atom. The van der Waals surface area contributed by atoms with Crippen molar-refractivity contribution in [2.75, 3.05) is 6.54 Å². The third-order valence-corrected chi connectivity index (χ3v) is 4.13. The van der Waals surface area contributed by atoms with Crippen molar-refractivity contribution in [2.45, 2.75) is 26.3 Å². The van der Waals surface area contributed by atoms with Crippen LogP contribution in [-0.4, -0.2) is 6.54 Å². The molecule has 0 spiro atoms. The molecule has 0 bridgehead atoms. The lowest BCUT2D eigenvalue weighted by Crippen LogP contribution is -2.25. The molecule has 2 aromatic rings. The van der Waals surface area contributed by atoms with E-state index in [2.05, 4.69) is 27.9 Å². The van der Waals surface area contributed by atoms with Gasteiger partial charge in [0.15, 0.2) is 0 Å². The van der Waals surface area contributed by atoms with Crippen LogP contribution in [0.5, 0.6) is 0 Å². The number of nitrogens with one attached hydrogen (secondary N) is 1. The van der Waals surface area contributed by atoms with Crippen LogP contribution in [0.3, 0.4) is 0 Å². The van der Waals surface area contributed by atoms with Crippen molar-refractivity contribution in [1.82, 2.24) is 5.32 Å². The molecule has 0 saturated carbocycles. The molecular formula is C17H18F2IN. The first-order valence-corrected chi connectivity index (χ1v) is 8.05. The maximum atomic E-state index is 14.4. The van der Waals surface area contributed by atoms with Crippen LogP contribution < -0.4 is 5.32 Å². The van der Waals surface area contributed by atoms with Gasteiger partial charge in [-0.2, -0.15) is 0 Å². The Labute approximate surface area is 137 Å². The van der Waals surface area contributed by atoms with Crippen LogP contribution in [0, 0.1) is 22.1 Å². The van der Waals surface area contributed by atoms with Crippen LogP contribution >= 0.6 is 22.6 Å². The first kappa shape index (κ1) is 16.4. The molecule has 0 aliphatic heterocycles. The Kier molecular flexibility index (Phi) is 5.70. The van der Waals surface area contributed by atoms with Crippen LogP contribution in [0.15, 0.2) is 36.4 Å². The Hall–Kier alpha value is -1.01. The normalized spacial score (nSPS) is 12.4. The van der Waals surface area contributed by atoms with Gasteiger partial charge < -0.3 is 5.32 Å². The molecule has 0 fully saturated rings. The lowest BCUT2D eigenvalue weighted by atomic mass is 9.96. The minimum atomic E-state index is -0.509. The molecule has 0 heterocycles. The topological polar surface area (TPSA) is 12.0 Å². The van der Waals surface area contributed by atoms with Crippen LogP contribution in [0.2, 0.25) is 0 Å². The summed E-state index contributed by atoms with van der Waals surface area (Å²) in [6.07, 6.45) is 0.899. The fourth-order valence-corrected chi connectivity index (χ4v) is 2.63. The molecule has 0 aliphatic carbocycles. The van der Waals surface area contributed by atoms with Gasteiger partial charge in [0.05, 0.1) is 6.04 Å². The first-order valence-electron chi connectivity index (χ1n) is 6.98. The molecule has 21 heavy (non-hydrogen) atoms. The second-order valence-electron chi connectivity index (χ2n) is 5.03. The monoisotopic (exact) mass is 401 g/mol. The lowest BCUT2D eigenvalue weighted by molar-refractivity contribution is 0.499. The van der Waals surface area contributed by atoms with Crippen molar-refractivity contribution in [3.8, 4) is 0 Å². The molecular weight excluding hydrogens is 383 g/mol. The number of benzene rings is 2. The molecule has 1 N–H and O–H groups in total. The predicted octanol–water partition coefficient (Wildman–Crippen LogP) is 4.97. The SMILES string of the molecule is CCCNC(c1ccc(I)cc1)c1c(F)ccc(C)c1F. The summed E-state index contributed by atoms with van der Waals surface area (Å²) in [5.74, 6) is -0.979. The van der Waals surface area contributed by atoms with Gasteiger partial charge in [0.25, 0.3) is 0 Å². The van der Waals surface area contributed by atoms with Crippen LogP contribution in [0.25, 0.3) is 0 Å². The van der Waals surface area contributed by atoms with Gasteiger partial charge in [-0.15, -0.1) is 0 Å². The van der Waals surface area contributed by atoms with Crippen molar-refractivity contribution in [2.24, 2.45) is 0 Å². The molecule has 112 valence electrons. The summed E-state index contributed by atoms with van der Waals surface area (Å²) in [7, 11) is 0. The lowest BCUT2D eigenvalue weighted by Gasteiger charge is -2.21. The van der Waals surface area contributed by atoms with Crippen molar-refractivity contribution in [1.29, 1.82) is 0 Å². The summed E-state index contributed by atoms with van der Waals surface area (Å²) < 4.78 is 29.7. The number of aryl methyl sites for hydroxylation is 1. The van der Waals surface area contributed by atoms with Gasteiger partial charge in [0.1, 0.15) is 11.6 Å². The van der Waals surface area contributed by atoms with E-state index >= 15 is 0 Å². The summed E-state index contributed by atoms with van der Waals surface area (Å²) in [6.45, 7) is 4.38. The number of rotatable bonds is 5. The first-order chi connectivity index (χ1) is 10.0. The van der Waals surface area contributed by atoms with E-state index in [0.29, 0.717) is 12.1 Å². The molecule has 2 rings (SSSR count). The summed E-state index contributed by atoms with van der Waals surface area (Å²) in [6, 6.07) is 10.1. The van der Waals surface area contributed by atoms with Crippen LogP contribution in [-0.2, 0) is 0 Å². The molecule has 4 heteroatoms. The molecule has 0 aromatic heterocycles. The van der Waals surface area contributed by atoms with Gasteiger partial charge in [0, 0.05) is 9.13 Å². The minimum absolute atomic E-state index is 0.102. The van der Waals surface area contributed by atoms with E-state index in [1.54, 1.807) is 6.92 Å². The summed E-state index contributed by atoms with van der Waals surface area (Å²) in [5, 5.41) is 3.25. The zero-order valence-electron chi connectivity index (χ0n) is 12.1. The zero-order valence-corrected chi connectivity index (χ0v) is 14.2. The summed E-state index contributed by atoms with van der Waals surface area (Å²) in [4.78, 5) is 0. The fraction of sp³-hybridized carbons (Fsp3) is 0.294. The van der Waals surface area contributed by atoms with Gasteiger partial charge in [-0.1, -0.05) is 25.1 Å². The van der Waals surface area contributed by atoms with E-state index < -0.39 is 17.7 Å². The fourth-order valence-electron chi connectivity index (χ4n) is 2.27. The average molecular weight is 401 g/mol. The van der Waals surface area contributed by atoms with Crippen LogP contribution in [0.4, 0.5) is 8.78 Å². The van der Waals surface area contributed by atoms with Crippen LogP contribution in [0.1, 0.15) is 36.1 Å². The highest BCUT2D eigenvalue weighted by Gasteiger charge is 2.22. The molecule has 0 saturated heterocycles. The van der Waals surface area contributed by atoms with Crippen molar-refractivity contribution < 1.29 is 8.78 Å². The highest BCUT2D eigenvalue weighted by molar-refractivity contribution is 14.1. The van der Waals surface area contributed by atoms with E-state index in [9.17, 15) is 8.78 Å². The smallest absolute Gasteiger partial charge is 0.134 e. The van der Waals surface area contributed by atoms with Gasteiger partial charge in [-0.05, 0) is 71.8 Å². The van der Waals surface area contributed by atoms with Gasteiger partial charge in [0.2, 0.25) is 0 Å². The Morgan fingerprint density at radius 3 is 2.38 bits per heavy atom. The maximum absolute atomic E-state index is 14.4. The molecule has 0 aliphatic rings. The molecule has 2 aromatic carbocycles. The second-order valence-corrected chi connectivity index (χ2v) is 6.28. The Bertz CT molecular complexity index is 611. The molecule has 0 amide bonds. The van der Waals surface area contributed by atoms with Gasteiger partial charge in [-0.25, -0.2) is 8.78 Å². The van der Waals surface area contributed by atoms with Crippen molar-refractivity contribution >= 4 is 22.6 Å². The van der Waals surface area contributed by atoms with Gasteiger partial charge in [-0.3, -0.25) is 0 Å². The van der Waals surface area contributed by atoms with E-state index in [-0.39, 0.29) is 5.56 Å². The number of halogens is 3. The third-order valence-electron chi connectivity index (χ3n) is 3.41. The Balaban J connectivity index is 2.50. The average Bonchev–Trinajstić information content (AvgIpc) is 2.48. The zero-order chi connectivity index (χ0) is 15.4. The molecule has 1 atom stereocenters. The standard InChI is InChI=1S/C17H18F2IN/c1-3-10-21-17(12-5-7-13(20)8-6-12)15-14(18)9-4-11(2)16(15)19/h4-9,17,21H,3,10H2,1-2H3. The van der Waals surface area contributed by atoms with Crippen molar-refractivity contribution in [3.63, 3.8) is 0 Å². The quantitative estimate of drug-likeness (QED) is 0.698. The predicted molar refractivity (Wildman–Crippen MR) is 90.4 cm³/mol. The highest BCUT2D eigenvalue weighted by Crippen LogP contribution is 2.29. The van der Waals surface area contributed by atoms with Gasteiger partial charge >= 0.3 is 0 Å². The van der Waals surface area contributed by atoms with E-state index in [0.717, 1.165) is 15.6 Å². The largest absolute Gasteiger partial charge is 0.306 e. The highest BCUT2D eigenvalue weighted by atomic mass is 127. The third kappa shape index (κ3) is 3.80. The van der Waals surface area contributed by atoms with E-state index in [1.807, 2.05) is 31.2 Å². The Morgan fingerprint density at radius 2 is 1.76 bits per heavy atom. The second kappa shape index (κ2) is 7.31. The maximum Gasteiger partial charge on any atom is 0.134 e. The summed E-state index contributed by atoms with van der Waals surface area (Å²) >= 11 is 2.21. The molecule has 1 unspecified atom stereocenters. The minimum Gasteiger partial charge on any atom is -0.306 e. The summed E-state index contributed by atoms with van der Waals surface area (Å²) in [5.41, 5.74) is 1.43.